The molecular weight excluding hydrogens is 167 g/mol. The summed E-state index contributed by atoms with van der Waals surface area (Å²) in [4.78, 5) is 10.4. The fourth-order valence-corrected chi connectivity index (χ4v) is 1.56. The van der Waals surface area contributed by atoms with Gasteiger partial charge in [0.1, 0.15) is 6.29 Å². The van der Waals surface area contributed by atoms with Crippen molar-refractivity contribution in [1.82, 2.24) is 0 Å². The standard InChI is InChI=1S/C12H10O.Li.H/c13-9-8-11-6-3-5-10-4-1-2-7-12(10)11;;/h1-7,9H,8H2;;. The van der Waals surface area contributed by atoms with Crippen molar-refractivity contribution in [3.63, 3.8) is 0 Å². The molecule has 0 aliphatic heterocycles. The van der Waals surface area contributed by atoms with Crippen LogP contribution in [0.15, 0.2) is 42.5 Å². The molecule has 0 saturated heterocycles. The van der Waals surface area contributed by atoms with Crippen LogP contribution >= 0.6 is 0 Å². The van der Waals surface area contributed by atoms with Gasteiger partial charge in [0.15, 0.2) is 0 Å². The Labute approximate surface area is 95.3 Å². The van der Waals surface area contributed by atoms with Gasteiger partial charge >= 0.3 is 18.9 Å². The number of carbonyl (C=O) groups excluding carboxylic acids is 1. The molecule has 0 aromatic heterocycles. The SMILES string of the molecule is O=CCc1cccc2ccccc12.[LiH]. The molecule has 0 heterocycles. The van der Waals surface area contributed by atoms with Gasteiger partial charge in [-0.3, -0.25) is 0 Å². The maximum atomic E-state index is 10.4. The molecule has 66 valence electrons. The summed E-state index contributed by atoms with van der Waals surface area (Å²) in [5, 5.41) is 2.37. The summed E-state index contributed by atoms with van der Waals surface area (Å²) in [5.74, 6) is 0. The second-order valence-corrected chi connectivity index (χ2v) is 3.01. The first-order valence-corrected chi connectivity index (χ1v) is 4.32. The number of fused-ring (bicyclic) bond motifs is 1. The molecule has 2 rings (SSSR count). The normalized spacial score (nSPS) is 9.43. The Morgan fingerprint density at radius 1 is 1.00 bits per heavy atom. The van der Waals surface area contributed by atoms with Gasteiger partial charge in [0.25, 0.3) is 0 Å². The Balaban J connectivity index is 0.000000980. The second kappa shape index (κ2) is 5.00. The molecule has 0 amide bonds. The summed E-state index contributed by atoms with van der Waals surface area (Å²) >= 11 is 0. The zero-order chi connectivity index (χ0) is 9.10. The first-order valence-electron chi connectivity index (χ1n) is 4.32. The van der Waals surface area contributed by atoms with Crippen molar-refractivity contribution < 1.29 is 4.79 Å². The summed E-state index contributed by atoms with van der Waals surface area (Å²) < 4.78 is 0. The van der Waals surface area contributed by atoms with Crippen LogP contribution in [0.3, 0.4) is 0 Å². The molecule has 0 unspecified atom stereocenters. The molecule has 0 fully saturated rings. The van der Waals surface area contributed by atoms with Crippen molar-refractivity contribution in [2.75, 3.05) is 0 Å². The average Bonchev–Trinajstić information content (AvgIpc) is 2.19. The Morgan fingerprint density at radius 3 is 2.50 bits per heavy atom. The van der Waals surface area contributed by atoms with Crippen molar-refractivity contribution in [3.05, 3.63) is 48.0 Å². The van der Waals surface area contributed by atoms with Gasteiger partial charge in [-0.15, -0.1) is 0 Å². The van der Waals surface area contributed by atoms with Crippen molar-refractivity contribution in [3.8, 4) is 0 Å². The molecule has 0 bridgehead atoms. The summed E-state index contributed by atoms with van der Waals surface area (Å²) in [6.07, 6.45) is 1.45. The first kappa shape index (κ1) is 11.0. The van der Waals surface area contributed by atoms with E-state index in [1.54, 1.807) is 0 Å². The van der Waals surface area contributed by atoms with E-state index in [1.165, 1.54) is 10.8 Å². The van der Waals surface area contributed by atoms with E-state index < -0.39 is 0 Å². The molecule has 0 spiro atoms. The molecule has 2 heteroatoms. The van der Waals surface area contributed by atoms with E-state index in [-0.39, 0.29) is 18.9 Å². The van der Waals surface area contributed by atoms with Crippen LogP contribution in [-0.4, -0.2) is 25.1 Å². The summed E-state index contributed by atoms with van der Waals surface area (Å²) in [6.45, 7) is 0. The van der Waals surface area contributed by atoms with Crippen LogP contribution in [-0.2, 0) is 11.2 Å². The van der Waals surface area contributed by atoms with Crippen molar-refractivity contribution in [2.24, 2.45) is 0 Å². The Bertz CT molecular complexity index is 432. The molecule has 0 saturated carbocycles. The zero-order valence-corrected chi connectivity index (χ0v) is 7.23. The van der Waals surface area contributed by atoms with Gasteiger partial charge in [0.2, 0.25) is 0 Å². The van der Waals surface area contributed by atoms with Gasteiger partial charge in [-0.05, 0) is 16.3 Å². The average molecular weight is 178 g/mol. The molecular formula is C12H11LiO. The number of hydrogen-bond donors (Lipinski definition) is 0. The van der Waals surface area contributed by atoms with Crippen molar-refractivity contribution in [1.29, 1.82) is 0 Å². The fraction of sp³-hybridized carbons (Fsp3) is 0.0833. The number of aldehydes is 1. The first-order chi connectivity index (χ1) is 6.42. The van der Waals surface area contributed by atoms with E-state index in [9.17, 15) is 4.79 Å². The van der Waals surface area contributed by atoms with Gasteiger partial charge < -0.3 is 4.79 Å². The molecule has 0 aliphatic carbocycles. The van der Waals surface area contributed by atoms with Crippen LogP contribution in [0.1, 0.15) is 5.56 Å². The maximum absolute atomic E-state index is 10.4. The van der Waals surface area contributed by atoms with Crippen LogP contribution in [0.4, 0.5) is 0 Å². The van der Waals surface area contributed by atoms with Crippen LogP contribution in [0, 0.1) is 0 Å². The van der Waals surface area contributed by atoms with Gasteiger partial charge in [-0.25, -0.2) is 0 Å². The summed E-state index contributed by atoms with van der Waals surface area (Å²) in [7, 11) is 0. The van der Waals surface area contributed by atoms with Crippen LogP contribution in [0.5, 0.6) is 0 Å². The Morgan fingerprint density at radius 2 is 1.71 bits per heavy atom. The fourth-order valence-electron chi connectivity index (χ4n) is 1.56. The van der Waals surface area contributed by atoms with Crippen molar-refractivity contribution >= 4 is 35.9 Å². The molecule has 1 nitrogen and oxygen atoms in total. The number of carbonyl (C=O) groups is 1. The Kier molecular flexibility index (Phi) is 3.94. The van der Waals surface area contributed by atoms with E-state index in [4.69, 9.17) is 0 Å². The van der Waals surface area contributed by atoms with Crippen LogP contribution in [0.25, 0.3) is 10.8 Å². The quantitative estimate of drug-likeness (QED) is 0.507. The molecule has 14 heavy (non-hydrogen) atoms. The van der Waals surface area contributed by atoms with Gasteiger partial charge in [-0.2, -0.15) is 0 Å². The summed E-state index contributed by atoms with van der Waals surface area (Å²) in [5.41, 5.74) is 1.10. The van der Waals surface area contributed by atoms with Crippen LogP contribution < -0.4 is 0 Å². The molecule has 0 radical (unpaired) electrons. The van der Waals surface area contributed by atoms with E-state index in [0.29, 0.717) is 6.42 Å². The zero-order valence-electron chi connectivity index (χ0n) is 7.23. The molecule has 2 aromatic carbocycles. The van der Waals surface area contributed by atoms with Crippen LogP contribution in [0.2, 0.25) is 0 Å². The second-order valence-electron chi connectivity index (χ2n) is 3.01. The number of hydrogen-bond acceptors (Lipinski definition) is 1. The van der Waals surface area contributed by atoms with Gasteiger partial charge in [-0.1, -0.05) is 42.5 Å². The molecule has 0 N–H and O–H groups in total. The Hall–Kier alpha value is -1.03. The third-order valence-corrected chi connectivity index (χ3v) is 2.18. The number of benzene rings is 2. The summed E-state index contributed by atoms with van der Waals surface area (Å²) in [6, 6.07) is 14.2. The van der Waals surface area contributed by atoms with E-state index in [0.717, 1.165) is 11.8 Å². The monoisotopic (exact) mass is 178 g/mol. The predicted octanol–water partition coefficient (Wildman–Crippen LogP) is 1.93. The van der Waals surface area contributed by atoms with E-state index in [2.05, 4.69) is 12.1 Å². The van der Waals surface area contributed by atoms with Gasteiger partial charge in [0.05, 0.1) is 0 Å². The van der Waals surface area contributed by atoms with E-state index >= 15 is 0 Å². The van der Waals surface area contributed by atoms with Gasteiger partial charge in [0, 0.05) is 6.42 Å². The minimum absolute atomic E-state index is 0. The minimum atomic E-state index is 0. The van der Waals surface area contributed by atoms with E-state index in [1.807, 2.05) is 30.3 Å². The number of rotatable bonds is 2. The van der Waals surface area contributed by atoms with Crippen molar-refractivity contribution in [2.45, 2.75) is 6.42 Å². The molecule has 0 aliphatic rings. The predicted molar refractivity (Wildman–Crippen MR) is 60.9 cm³/mol. The molecule has 0 atom stereocenters. The topological polar surface area (TPSA) is 17.1 Å². The molecule has 2 aromatic rings. The third-order valence-electron chi connectivity index (χ3n) is 2.18. The third kappa shape index (κ3) is 2.07.